The molecular weight excluding hydrogens is 757 g/mol. The second kappa shape index (κ2) is 13.6. The molecule has 0 fully saturated rings. The third kappa shape index (κ3) is 5.32. The van der Waals surface area contributed by atoms with Gasteiger partial charge in [0, 0.05) is 38.2 Å². The first-order valence-electron chi connectivity index (χ1n) is 20.9. The lowest BCUT2D eigenvalue weighted by molar-refractivity contribution is 0.669. The van der Waals surface area contributed by atoms with Gasteiger partial charge in [0.05, 0.1) is 21.9 Å². The van der Waals surface area contributed by atoms with Crippen LogP contribution in [0.1, 0.15) is 0 Å². The summed E-state index contributed by atoms with van der Waals surface area (Å²) in [6.45, 7) is 0. The summed E-state index contributed by atoms with van der Waals surface area (Å²) in [5.41, 5.74) is 14.3. The largest absolute Gasteiger partial charge is 0.456 e. The summed E-state index contributed by atoms with van der Waals surface area (Å²) in [7, 11) is 0. The molecule has 0 N–H and O–H groups in total. The van der Waals surface area contributed by atoms with Crippen LogP contribution in [0, 0.1) is 0 Å². The van der Waals surface area contributed by atoms with Crippen LogP contribution in [0.5, 0.6) is 0 Å². The number of aromatic nitrogens is 4. The van der Waals surface area contributed by atoms with E-state index < -0.39 is 0 Å². The van der Waals surface area contributed by atoms with Gasteiger partial charge in [-0.3, -0.25) is 0 Å². The minimum atomic E-state index is 0.574. The highest BCUT2D eigenvalue weighted by atomic mass is 16.3. The van der Waals surface area contributed by atoms with Gasteiger partial charge in [-0.25, -0.2) is 15.0 Å². The molecule has 13 rings (SSSR count). The second-order valence-electron chi connectivity index (χ2n) is 16.0. The molecule has 0 aliphatic carbocycles. The molecule has 0 spiro atoms. The fraction of sp³-hybridized carbons (Fsp3) is 0. The molecule has 4 heterocycles. The Labute approximate surface area is 356 Å². The van der Waals surface area contributed by atoms with E-state index in [1.165, 1.54) is 0 Å². The summed E-state index contributed by atoms with van der Waals surface area (Å²) in [6.07, 6.45) is 0. The maximum absolute atomic E-state index is 6.84. The highest BCUT2D eigenvalue weighted by Gasteiger charge is 2.26. The van der Waals surface area contributed by atoms with Gasteiger partial charge in [-0.1, -0.05) is 158 Å². The van der Waals surface area contributed by atoms with Crippen molar-refractivity contribution in [2.24, 2.45) is 0 Å². The number of benzene rings is 9. The maximum atomic E-state index is 6.84. The van der Waals surface area contributed by atoms with Crippen LogP contribution in [-0.4, -0.2) is 19.4 Å². The number of nitrogens with zero attached hydrogens (tertiary/aromatic N) is 4. The molecule has 0 saturated carbocycles. The number of furan rings is 1. The van der Waals surface area contributed by atoms with Crippen molar-refractivity contribution in [2.45, 2.75) is 0 Å². The Hall–Kier alpha value is -8.41. The fourth-order valence-electron chi connectivity index (χ4n) is 9.58. The topological polar surface area (TPSA) is 56.2 Å². The van der Waals surface area contributed by atoms with Crippen molar-refractivity contribution in [3.05, 3.63) is 206 Å². The Kier molecular flexibility index (Phi) is 7.54. The Morgan fingerprint density at radius 2 is 0.790 bits per heavy atom. The van der Waals surface area contributed by atoms with Gasteiger partial charge < -0.3 is 8.82 Å². The average molecular weight is 791 g/mol. The molecule has 0 aliphatic rings. The van der Waals surface area contributed by atoms with Crippen LogP contribution in [0.3, 0.4) is 0 Å². The molecule has 0 radical (unpaired) electrons. The van der Waals surface area contributed by atoms with Crippen LogP contribution >= 0.6 is 0 Å². The van der Waals surface area contributed by atoms with Crippen molar-refractivity contribution < 1.29 is 4.42 Å². The van der Waals surface area contributed by atoms with Gasteiger partial charge in [0.1, 0.15) is 11.2 Å². The molecular formula is C57H34N4O. The van der Waals surface area contributed by atoms with Crippen LogP contribution in [0.25, 0.3) is 128 Å². The van der Waals surface area contributed by atoms with E-state index in [1.807, 2.05) is 6.07 Å². The predicted octanol–water partition coefficient (Wildman–Crippen LogP) is 14.9. The predicted molar refractivity (Wildman–Crippen MR) is 254 cm³/mol. The molecule has 5 heteroatoms. The van der Waals surface area contributed by atoms with Crippen LogP contribution in [-0.2, 0) is 0 Å². The fourth-order valence-corrected chi connectivity index (χ4v) is 9.58. The molecule has 62 heavy (non-hydrogen) atoms. The number of para-hydroxylation sites is 2. The van der Waals surface area contributed by atoms with Gasteiger partial charge in [0.2, 0.25) is 0 Å². The molecule has 0 saturated heterocycles. The van der Waals surface area contributed by atoms with Gasteiger partial charge in [-0.15, -0.1) is 0 Å². The summed E-state index contributed by atoms with van der Waals surface area (Å²) in [4.78, 5) is 16.3. The summed E-state index contributed by atoms with van der Waals surface area (Å²) in [5, 5.41) is 6.73. The van der Waals surface area contributed by atoms with E-state index in [9.17, 15) is 0 Å². The van der Waals surface area contributed by atoms with Crippen molar-refractivity contribution in [3.63, 3.8) is 0 Å². The van der Waals surface area contributed by atoms with Crippen molar-refractivity contribution in [3.8, 4) is 67.5 Å². The van der Waals surface area contributed by atoms with Crippen LogP contribution in [0.2, 0.25) is 0 Å². The van der Waals surface area contributed by atoms with Crippen molar-refractivity contribution >= 4 is 60.0 Å². The molecule has 0 atom stereocenters. The zero-order valence-electron chi connectivity index (χ0n) is 33.3. The molecule has 288 valence electrons. The van der Waals surface area contributed by atoms with E-state index >= 15 is 0 Å². The quantitative estimate of drug-likeness (QED) is 0.168. The van der Waals surface area contributed by atoms with Gasteiger partial charge >= 0.3 is 0 Å². The van der Waals surface area contributed by atoms with Gasteiger partial charge in [0.15, 0.2) is 17.5 Å². The molecule has 9 aromatic carbocycles. The lowest BCUT2D eigenvalue weighted by Crippen LogP contribution is -2.01. The SMILES string of the molecule is c1ccc(-c2cccc(-c3nc(-c4cc(-c5ccccc5)cc(-c5ccccc5)c4)nc(-c4cc5oc6cccc7c8ccccc8n8c9ccccc9c4c8c5c67)n3)c2)cc1. The Morgan fingerprint density at radius 1 is 0.306 bits per heavy atom. The Balaban J connectivity index is 1.15. The average Bonchev–Trinajstić information content (AvgIpc) is 3.86. The smallest absolute Gasteiger partial charge is 0.164 e. The first kappa shape index (κ1) is 34.5. The standard InChI is InChI=1S/C57H34N4O/c1-4-16-35(17-5-1)38-22-14-23-39(30-38)55-58-56(42-32-40(36-18-6-2-7-19-36)31-41(33-42)37-20-8-3-9-21-37)60-57(59-55)46-34-50-53-52-44(26-15-29-49(52)62-50)43-24-10-12-27-47(43)61-48-28-13-11-25-45(48)51(46)54(53)61/h1-34H. The van der Waals surface area contributed by atoms with E-state index in [1.54, 1.807) is 0 Å². The number of hydrogen-bond donors (Lipinski definition) is 0. The third-order valence-corrected chi connectivity index (χ3v) is 12.3. The second-order valence-corrected chi connectivity index (χ2v) is 16.0. The van der Waals surface area contributed by atoms with E-state index in [4.69, 9.17) is 19.4 Å². The first-order valence-corrected chi connectivity index (χ1v) is 20.9. The van der Waals surface area contributed by atoms with E-state index in [-0.39, 0.29) is 0 Å². The molecule has 4 aromatic heterocycles. The molecule has 0 amide bonds. The minimum absolute atomic E-state index is 0.574. The molecule has 5 nitrogen and oxygen atoms in total. The highest BCUT2D eigenvalue weighted by Crippen LogP contribution is 2.47. The molecule has 0 aliphatic heterocycles. The lowest BCUT2D eigenvalue weighted by atomic mass is 9.95. The van der Waals surface area contributed by atoms with Crippen molar-refractivity contribution in [2.75, 3.05) is 0 Å². The van der Waals surface area contributed by atoms with Crippen LogP contribution < -0.4 is 0 Å². The molecule has 0 bridgehead atoms. The van der Waals surface area contributed by atoms with Gasteiger partial charge in [0.25, 0.3) is 0 Å². The van der Waals surface area contributed by atoms with Gasteiger partial charge in [-0.2, -0.15) is 0 Å². The zero-order chi connectivity index (χ0) is 40.7. The van der Waals surface area contributed by atoms with Crippen molar-refractivity contribution in [1.29, 1.82) is 0 Å². The number of rotatable bonds is 6. The first-order chi connectivity index (χ1) is 30.7. The maximum Gasteiger partial charge on any atom is 0.164 e. The van der Waals surface area contributed by atoms with Crippen LogP contribution in [0.15, 0.2) is 211 Å². The highest BCUT2D eigenvalue weighted by molar-refractivity contribution is 6.33. The number of fused-ring (bicyclic) bond motifs is 6. The molecule has 0 unspecified atom stereocenters. The zero-order valence-corrected chi connectivity index (χ0v) is 33.3. The van der Waals surface area contributed by atoms with E-state index in [2.05, 4.69) is 205 Å². The van der Waals surface area contributed by atoms with E-state index in [0.29, 0.717) is 17.5 Å². The van der Waals surface area contributed by atoms with Crippen molar-refractivity contribution in [1.82, 2.24) is 19.4 Å². The molecule has 13 aromatic rings. The summed E-state index contributed by atoms with van der Waals surface area (Å²) in [5.74, 6) is 1.75. The summed E-state index contributed by atoms with van der Waals surface area (Å²) in [6, 6.07) is 72.6. The Morgan fingerprint density at radius 3 is 1.48 bits per heavy atom. The lowest BCUT2D eigenvalue weighted by Gasteiger charge is -2.13. The van der Waals surface area contributed by atoms with E-state index in [0.717, 1.165) is 110 Å². The number of hydrogen-bond acceptors (Lipinski definition) is 4. The normalized spacial score (nSPS) is 11.9. The third-order valence-electron chi connectivity index (χ3n) is 12.3. The van der Waals surface area contributed by atoms with Crippen LogP contribution in [0.4, 0.5) is 0 Å². The van der Waals surface area contributed by atoms with Gasteiger partial charge in [-0.05, 0) is 87.3 Å². The summed E-state index contributed by atoms with van der Waals surface area (Å²) >= 11 is 0. The minimum Gasteiger partial charge on any atom is -0.456 e. The Bertz CT molecular complexity index is 3790. The monoisotopic (exact) mass is 790 g/mol. The summed E-state index contributed by atoms with van der Waals surface area (Å²) < 4.78 is 9.26.